The molecule has 0 aromatic carbocycles. The van der Waals surface area contributed by atoms with Crippen LogP contribution in [0.1, 0.15) is 34.1 Å². The molecule has 8 nitrogen and oxygen atoms in total. The van der Waals surface area contributed by atoms with Gasteiger partial charge in [0.2, 0.25) is 0 Å². The van der Waals surface area contributed by atoms with Gasteiger partial charge in [0.1, 0.15) is 11.5 Å². The van der Waals surface area contributed by atoms with Crippen molar-refractivity contribution >= 4 is 5.91 Å². The number of fused-ring (bicyclic) bond motifs is 1. The van der Waals surface area contributed by atoms with Gasteiger partial charge in [0.25, 0.3) is 5.91 Å². The van der Waals surface area contributed by atoms with Gasteiger partial charge in [0.05, 0.1) is 17.9 Å². The molecule has 0 spiro atoms. The SMILES string of the molecule is Cc1ccc(-c2cc(C(=O)NCc3cc4n(n3)CCCNC4)n[nH]2)o1. The van der Waals surface area contributed by atoms with Crippen molar-refractivity contribution in [2.45, 2.75) is 33.0 Å². The molecular weight excluding hydrogens is 320 g/mol. The van der Waals surface area contributed by atoms with Gasteiger partial charge < -0.3 is 15.1 Å². The Morgan fingerprint density at radius 2 is 2.32 bits per heavy atom. The Balaban J connectivity index is 1.40. The van der Waals surface area contributed by atoms with Crippen molar-refractivity contribution in [2.75, 3.05) is 6.54 Å². The number of amides is 1. The highest BCUT2D eigenvalue weighted by molar-refractivity contribution is 5.93. The summed E-state index contributed by atoms with van der Waals surface area (Å²) < 4.78 is 7.53. The minimum absolute atomic E-state index is 0.243. The van der Waals surface area contributed by atoms with Gasteiger partial charge >= 0.3 is 0 Å². The van der Waals surface area contributed by atoms with Crippen LogP contribution in [-0.4, -0.2) is 32.4 Å². The minimum Gasteiger partial charge on any atom is -0.460 e. The Labute approximate surface area is 144 Å². The van der Waals surface area contributed by atoms with Crippen molar-refractivity contribution in [1.82, 2.24) is 30.6 Å². The highest BCUT2D eigenvalue weighted by atomic mass is 16.3. The summed E-state index contributed by atoms with van der Waals surface area (Å²) in [6.07, 6.45) is 1.06. The summed E-state index contributed by atoms with van der Waals surface area (Å²) in [6, 6.07) is 7.42. The molecule has 3 aromatic heterocycles. The number of carbonyl (C=O) groups is 1. The number of rotatable bonds is 4. The third kappa shape index (κ3) is 3.34. The van der Waals surface area contributed by atoms with Gasteiger partial charge in [0.15, 0.2) is 11.5 Å². The molecule has 0 radical (unpaired) electrons. The topological polar surface area (TPSA) is 101 Å². The summed E-state index contributed by atoms with van der Waals surface area (Å²) in [5.74, 6) is 1.23. The van der Waals surface area contributed by atoms with E-state index in [-0.39, 0.29) is 5.91 Å². The molecule has 0 saturated heterocycles. The van der Waals surface area contributed by atoms with Gasteiger partial charge in [-0.2, -0.15) is 10.2 Å². The molecule has 3 aromatic rings. The summed E-state index contributed by atoms with van der Waals surface area (Å²) in [5, 5.41) is 17.7. The van der Waals surface area contributed by atoms with Crippen molar-refractivity contribution < 1.29 is 9.21 Å². The fourth-order valence-corrected chi connectivity index (χ4v) is 2.91. The molecular formula is C17H20N6O2. The largest absolute Gasteiger partial charge is 0.460 e. The van der Waals surface area contributed by atoms with Crippen LogP contribution in [0.3, 0.4) is 0 Å². The van der Waals surface area contributed by atoms with Crippen LogP contribution in [-0.2, 0) is 19.6 Å². The Kier molecular flexibility index (Phi) is 4.10. The van der Waals surface area contributed by atoms with Crippen LogP contribution in [0, 0.1) is 6.92 Å². The maximum atomic E-state index is 12.3. The summed E-state index contributed by atoms with van der Waals surface area (Å²) in [6.45, 7) is 4.97. The van der Waals surface area contributed by atoms with E-state index in [0.717, 1.165) is 43.2 Å². The molecule has 1 aliphatic heterocycles. The number of nitrogens with one attached hydrogen (secondary N) is 3. The lowest BCUT2D eigenvalue weighted by Crippen LogP contribution is -2.23. The van der Waals surface area contributed by atoms with Crippen LogP contribution < -0.4 is 10.6 Å². The van der Waals surface area contributed by atoms with Crippen molar-refractivity contribution in [1.29, 1.82) is 0 Å². The zero-order valence-electron chi connectivity index (χ0n) is 14.0. The Hall–Kier alpha value is -2.87. The number of nitrogens with zero attached hydrogens (tertiary/aromatic N) is 3. The van der Waals surface area contributed by atoms with Gasteiger partial charge in [-0.25, -0.2) is 0 Å². The molecule has 8 heteroatoms. The maximum absolute atomic E-state index is 12.3. The molecule has 0 unspecified atom stereocenters. The molecule has 0 aliphatic carbocycles. The fourth-order valence-electron chi connectivity index (χ4n) is 2.91. The number of furan rings is 1. The summed E-state index contributed by atoms with van der Waals surface area (Å²) >= 11 is 0. The number of hydrogen-bond acceptors (Lipinski definition) is 5. The second-order valence-corrected chi connectivity index (χ2v) is 6.14. The van der Waals surface area contributed by atoms with Crippen LogP contribution in [0.15, 0.2) is 28.7 Å². The van der Waals surface area contributed by atoms with Gasteiger partial charge in [-0.1, -0.05) is 0 Å². The average molecular weight is 340 g/mol. The third-order valence-corrected chi connectivity index (χ3v) is 4.19. The maximum Gasteiger partial charge on any atom is 0.272 e. The molecule has 130 valence electrons. The van der Waals surface area contributed by atoms with E-state index in [1.165, 1.54) is 0 Å². The van der Waals surface area contributed by atoms with Gasteiger partial charge in [-0.15, -0.1) is 0 Å². The zero-order valence-corrected chi connectivity index (χ0v) is 14.0. The van der Waals surface area contributed by atoms with E-state index < -0.39 is 0 Å². The summed E-state index contributed by atoms with van der Waals surface area (Å²) in [7, 11) is 0. The molecule has 0 fully saturated rings. The smallest absolute Gasteiger partial charge is 0.272 e. The van der Waals surface area contributed by atoms with Crippen molar-refractivity contribution in [3.8, 4) is 11.5 Å². The predicted octanol–water partition coefficient (Wildman–Crippen LogP) is 1.60. The highest BCUT2D eigenvalue weighted by Crippen LogP contribution is 2.20. The van der Waals surface area contributed by atoms with Crippen LogP contribution >= 0.6 is 0 Å². The van der Waals surface area contributed by atoms with Gasteiger partial charge in [0, 0.05) is 19.2 Å². The molecule has 0 atom stereocenters. The van der Waals surface area contributed by atoms with Crippen LogP contribution in [0.25, 0.3) is 11.5 Å². The molecule has 4 rings (SSSR count). The summed E-state index contributed by atoms with van der Waals surface area (Å²) in [5.41, 5.74) is 3.01. The minimum atomic E-state index is -0.243. The molecule has 0 saturated carbocycles. The van der Waals surface area contributed by atoms with Crippen molar-refractivity contribution in [3.63, 3.8) is 0 Å². The number of aromatic amines is 1. The standard InChI is InChI=1S/C17H20N6O2/c1-11-3-4-16(25-11)14-8-15(21-20-14)17(24)19-9-12-7-13-10-18-5-2-6-23(13)22-12/h3-4,7-8,18H,2,5-6,9-10H2,1H3,(H,19,24)(H,20,21). The quantitative estimate of drug-likeness (QED) is 0.670. The van der Waals surface area contributed by atoms with E-state index in [9.17, 15) is 4.79 Å². The number of aryl methyl sites for hydroxylation is 2. The molecule has 1 aliphatic rings. The van der Waals surface area contributed by atoms with E-state index in [4.69, 9.17) is 4.42 Å². The first-order valence-corrected chi connectivity index (χ1v) is 8.36. The number of aromatic nitrogens is 4. The first kappa shape index (κ1) is 15.6. The van der Waals surface area contributed by atoms with Crippen LogP contribution in [0.2, 0.25) is 0 Å². The van der Waals surface area contributed by atoms with E-state index in [2.05, 4.69) is 25.9 Å². The molecule has 25 heavy (non-hydrogen) atoms. The Morgan fingerprint density at radius 3 is 3.16 bits per heavy atom. The molecule has 0 bridgehead atoms. The second kappa shape index (κ2) is 6.56. The number of H-pyrrole nitrogens is 1. The molecule has 1 amide bonds. The third-order valence-electron chi connectivity index (χ3n) is 4.19. The second-order valence-electron chi connectivity index (χ2n) is 6.14. The zero-order chi connectivity index (χ0) is 17.2. The highest BCUT2D eigenvalue weighted by Gasteiger charge is 2.15. The van der Waals surface area contributed by atoms with E-state index in [1.54, 1.807) is 6.07 Å². The fraction of sp³-hybridized carbons (Fsp3) is 0.353. The molecule has 3 N–H and O–H groups in total. The lowest BCUT2D eigenvalue weighted by molar-refractivity contribution is 0.0945. The van der Waals surface area contributed by atoms with E-state index in [1.807, 2.05) is 29.8 Å². The normalized spacial score (nSPS) is 14.1. The number of carbonyl (C=O) groups excluding carboxylic acids is 1. The first-order valence-electron chi connectivity index (χ1n) is 8.36. The van der Waals surface area contributed by atoms with Crippen molar-refractivity contribution in [2.24, 2.45) is 0 Å². The first-order chi connectivity index (χ1) is 12.2. The lowest BCUT2D eigenvalue weighted by atomic mass is 10.3. The van der Waals surface area contributed by atoms with Gasteiger partial charge in [-0.05, 0) is 38.1 Å². The Bertz CT molecular complexity index is 867. The summed E-state index contributed by atoms with van der Waals surface area (Å²) in [4.78, 5) is 12.3. The number of hydrogen-bond donors (Lipinski definition) is 3. The van der Waals surface area contributed by atoms with E-state index in [0.29, 0.717) is 23.7 Å². The average Bonchev–Trinajstić information content (AvgIpc) is 3.30. The predicted molar refractivity (Wildman–Crippen MR) is 90.7 cm³/mol. The van der Waals surface area contributed by atoms with Crippen LogP contribution in [0.4, 0.5) is 0 Å². The molecule has 4 heterocycles. The Morgan fingerprint density at radius 1 is 1.40 bits per heavy atom. The van der Waals surface area contributed by atoms with Crippen LogP contribution in [0.5, 0.6) is 0 Å². The van der Waals surface area contributed by atoms with Gasteiger partial charge in [-0.3, -0.25) is 14.6 Å². The van der Waals surface area contributed by atoms with Crippen molar-refractivity contribution in [3.05, 3.63) is 47.1 Å². The monoisotopic (exact) mass is 340 g/mol. The van der Waals surface area contributed by atoms with E-state index >= 15 is 0 Å². The lowest BCUT2D eigenvalue weighted by Gasteiger charge is -2.01.